The molecule has 1 heterocycles. The van der Waals surface area contributed by atoms with E-state index >= 15 is 0 Å². The molecule has 1 fully saturated rings. The molecular formula is C27H19FN2O2S. The number of para-hydroxylation sites is 1. The van der Waals surface area contributed by atoms with Crippen LogP contribution in [0.4, 0.5) is 10.1 Å². The largest absolute Gasteiger partial charge is 0.488 e. The Morgan fingerprint density at radius 3 is 2.61 bits per heavy atom. The molecule has 162 valence electrons. The number of rotatable bonds is 5. The van der Waals surface area contributed by atoms with Crippen LogP contribution in [0.25, 0.3) is 16.8 Å². The summed E-state index contributed by atoms with van der Waals surface area (Å²) in [5.41, 5.74) is 2.29. The SMILES string of the molecule is O=C1NC(=Nc2ccccc2)S/C1=C\c1c(OCc2cccc(F)c2)ccc2ccccc12. The van der Waals surface area contributed by atoms with Gasteiger partial charge in [-0.15, -0.1) is 0 Å². The van der Waals surface area contributed by atoms with Crippen LogP contribution in [0.15, 0.2) is 101 Å². The number of fused-ring (bicyclic) bond motifs is 1. The van der Waals surface area contributed by atoms with Crippen molar-refractivity contribution in [2.45, 2.75) is 6.61 Å². The van der Waals surface area contributed by atoms with Gasteiger partial charge in [-0.2, -0.15) is 0 Å². The summed E-state index contributed by atoms with van der Waals surface area (Å²) in [5, 5.41) is 5.35. The lowest BCUT2D eigenvalue weighted by molar-refractivity contribution is -0.115. The zero-order valence-electron chi connectivity index (χ0n) is 17.5. The van der Waals surface area contributed by atoms with Gasteiger partial charge >= 0.3 is 0 Å². The normalized spacial score (nSPS) is 15.8. The first-order chi connectivity index (χ1) is 16.2. The molecule has 0 radical (unpaired) electrons. The number of benzene rings is 4. The van der Waals surface area contributed by atoms with Crippen LogP contribution in [-0.2, 0) is 11.4 Å². The van der Waals surface area contributed by atoms with Crippen molar-refractivity contribution < 1.29 is 13.9 Å². The van der Waals surface area contributed by atoms with E-state index in [-0.39, 0.29) is 18.3 Å². The van der Waals surface area contributed by atoms with Gasteiger partial charge in [-0.1, -0.05) is 60.7 Å². The van der Waals surface area contributed by atoms with Crippen molar-refractivity contribution >= 4 is 45.4 Å². The number of hydrogen-bond acceptors (Lipinski definition) is 4. The van der Waals surface area contributed by atoms with Gasteiger partial charge in [0.1, 0.15) is 18.2 Å². The van der Waals surface area contributed by atoms with Crippen molar-refractivity contribution in [3.63, 3.8) is 0 Å². The monoisotopic (exact) mass is 454 g/mol. The Morgan fingerprint density at radius 2 is 1.76 bits per heavy atom. The van der Waals surface area contributed by atoms with Crippen molar-refractivity contribution in [2.24, 2.45) is 4.99 Å². The Hall–Kier alpha value is -3.90. The van der Waals surface area contributed by atoms with Gasteiger partial charge in [0.05, 0.1) is 10.6 Å². The Bertz CT molecular complexity index is 1400. The first-order valence-electron chi connectivity index (χ1n) is 10.4. The summed E-state index contributed by atoms with van der Waals surface area (Å²) < 4.78 is 19.6. The molecule has 33 heavy (non-hydrogen) atoms. The van der Waals surface area contributed by atoms with Crippen molar-refractivity contribution in [3.05, 3.63) is 113 Å². The lowest BCUT2D eigenvalue weighted by Crippen LogP contribution is -2.19. The Kier molecular flexibility index (Phi) is 5.91. The molecule has 6 heteroatoms. The van der Waals surface area contributed by atoms with Crippen molar-refractivity contribution in [1.82, 2.24) is 5.32 Å². The van der Waals surface area contributed by atoms with Crippen LogP contribution in [0, 0.1) is 5.82 Å². The molecule has 4 aromatic rings. The van der Waals surface area contributed by atoms with Gasteiger partial charge in [0.2, 0.25) is 0 Å². The van der Waals surface area contributed by atoms with Gasteiger partial charge < -0.3 is 10.1 Å². The van der Waals surface area contributed by atoms with Crippen LogP contribution in [0.1, 0.15) is 11.1 Å². The van der Waals surface area contributed by atoms with Crippen molar-refractivity contribution in [3.8, 4) is 5.75 Å². The predicted molar refractivity (Wildman–Crippen MR) is 132 cm³/mol. The summed E-state index contributed by atoms with van der Waals surface area (Å²) in [4.78, 5) is 17.7. The second-order valence-corrected chi connectivity index (χ2v) is 8.47. The number of nitrogens with one attached hydrogen (secondary N) is 1. The second kappa shape index (κ2) is 9.30. The summed E-state index contributed by atoms with van der Waals surface area (Å²) in [6, 6.07) is 27.6. The highest BCUT2D eigenvalue weighted by Crippen LogP contribution is 2.35. The Morgan fingerprint density at radius 1 is 0.939 bits per heavy atom. The first kappa shape index (κ1) is 21.0. The number of hydrogen-bond donors (Lipinski definition) is 1. The Labute approximate surface area is 194 Å². The predicted octanol–water partition coefficient (Wildman–Crippen LogP) is 6.45. The minimum Gasteiger partial charge on any atom is -0.488 e. The highest BCUT2D eigenvalue weighted by atomic mass is 32.2. The van der Waals surface area contributed by atoms with E-state index in [4.69, 9.17) is 4.74 Å². The minimum atomic E-state index is -0.304. The smallest absolute Gasteiger partial charge is 0.264 e. The summed E-state index contributed by atoms with van der Waals surface area (Å²) in [6.45, 7) is 0.215. The van der Waals surface area contributed by atoms with E-state index < -0.39 is 0 Å². The number of carbonyl (C=O) groups is 1. The average Bonchev–Trinajstić information content (AvgIpc) is 3.17. The number of thioether (sulfide) groups is 1. The number of ether oxygens (including phenoxy) is 1. The van der Waals surface area contributed by atoms with Crippen LogP contribution in [-0.4, -0.2) is 11.1 Å². The number of amides is 1. The number of halogens is 1. The van der Waals surface area contributed by atoms with Gasteiger partial charge in [0.15, 0.2) is 5.17 Å². The third kappa shape index (κ3) is 4.81. The molecule has 1 amide bonds. The fourth-order valence-corrected chi connectivity index (χ4v) is 4.39. The topological polar surface area (TPSA) is 50.7 Å². The fraction of sp³-hybridized carbons (Fsp3) is 0.0370. The molecule has 0 unspecified atom stereocenters. The lowest BCUT2D eigenvalue weighted by Gasteiger charge is -2.13. The van der Waals surface area contributed by atoms with Gasteiger partial charge in [-0.3, -0.25) is 4.79 Å². The quantitative estimate of drug-likeness (QED) is 0.353. The second-order valence-electron chi connectivity index (χ2n) is 7.43. The third-order valence-corrected chi connectivity index (χ3v) is 6.04. The molecule has 1 saturated heterocycles. The van der Waals surface area contributed by atoms with Gasteiger partial charge in [-0.05, 0) is 64.5 Å². The maximum atomic E-state index is 13.6. The molecule has 0 saturated carbocycles. The van der Waals surface area contributed by atoms with Crippen LogP contribution in [0.2, 0.25) is 0 Å². The molecule has 1 aliphatic rings. The molecule has 0 atom stereocenters. The van der Waals surface area contributed by atoms with Crippen LogP contribution >= 0.6 is 11.8 Å². The zero-order valence-corrected chi connectivity index (χ0v) is 18.3. The number of aliphatic imine (C=N–C) groups is 1. The first-order valence-corrected chi connectivity index (χ1v) is 11.2. The molecule has 0 aliphatic carbocycles. The fourth-order valence-electron chi connectivity index (χ4n) is 3.57. The average molecular weight is 455 g/mol. The van der Waals surface area contributed by atoms with Crippen molar-refractivity contribution in [1.29, 1.82) is 0 Å². The molecule has 0 aromatic heterocycles. The standard InChI is InChI=1S/C27H19FN2O2S/c28-20-9-6-7-18(15-20)17-32-24-14-13-19-8-4-5-12-22(19)23(24)16-25-26(31)30-27(33-25)29-21-10-2-1-3-11-21/h1-16H,17H2,(H,29,30,31)/b25-16-. The van der Waals surface area contributed by atoms with E-state index in [0.29, 0.717) is 15.8 Å². The van der Waals surface area contributed by atoms with E-state index in [1.807, 2.05) is 78.9 Å². The summed E-state index contributed by atoms with van der Waals surface area (Å²) in [5.74, 6) is 0.104. The van der Waals surface area contributed by atoms with Crippen LogP contribution < -0.4 is 10.1 Å². The Balaban J connectivity index is 1.49. The molecule has 5 rings (SSSR count). The summed E-state index contributed by atoms with van der Waals surface area (Å²) in [7, 11) is 0. The molecular weight excluding hydrogens is 435 g/mol. The van der Waals surface area contributed by atoms with Crippen molar-refractivity contribution in [2.75, 3.05) is 0 Å². The minimum absolute atomic E-state index is 0.210. The maximum Gasteiger partial charge on any atom is 0.264 e. The van der Waals surface area contributed by atoms with E-state index in [0.717, 1.165) is 27.6 Å². The van der Waals surface area contributed by atoms with E-state index in [1.54, 1.807) is 6.07 Å². The van der Waals surface area contributed by atoms with E-state index in [9.17, 15) is 9.18 Å². The molecule has 4 nitrogen and oxygen atoms in total. The van der Waals surface area contributed by atoms with Gasteiger partial charge in [-0.25, -0.2) is 9.38 Å². The summed E-state index contributed by atoms with van der Waals surface area (Å²) >= 11 is 1.29. The zero-order chi connectivity index (χ0) is 22.6. The lowest BCUT2D eigenvalue weighted by atomic mass is 10.0. The van der Waals surface area contributed by atoms with E-state index in [1.165, 1.54) is 23.9 Å². The van der Waals surface area contributed by atoms with Crippen LogP contribution in [0.3, 0.4) is 0 Å². The number of nitrogens with zero attached hydrogens (tertiary/aromatic N) is 1. The van der Waals surface area contributed by atoms with Gasteiger partial charge in [0, 0.05) is 5.56 Å². The molecule has 0 bridgehead atoms. The number of carbonyl (C=O) groups excluding carboxylic acids is 1. The van der Waals surface area contributed by atoms with Crippen LogP contribution in [0.5, 0.6) is 5.75 Å². The maximum absolute atomic E-state index is 13.6. The summed E-state index contributed by atoms with van der Waals surface area (Å²) in [6.07, 6.45) is 1.83. The molecule has 1 N–H and O–H groups in total. The molecule has 4 aromatic carbocycles. The van der Waals surface area contributed by atoms with E-state index in [2.05, 4.69) is 10.3 Å². The highest BCUT2D eigenvalue weighted by Gasteiger charge is 2.24. The molecule has 1 aliphatic heterocycles. The third-order valence-electron chi connectivity index (χ3n) is 5.13. The number of amidine groups is 1. The van der Waals surface area contributed by atoms with Gasteiger partial charge in [0.25, 0.3) is 5.91 Å². The highest BCUT2D eigenvalue weighted by molar-refractivity contribution is 8.18. The molecule has 0 spiro atoms.